The smallest absolute Gasteiger partial charge is 0.416 e. The van der Waals surface area contributed by atoms with Crippen molar-refractivity contribution in [2.45, 2.75) is 84.9 Å². The number of Topliss-reactive ketones (excluding diaryl/α,β-unsaturated/α-hetero) is 1. The van der Waals surface area contributed by atoms with Gasteiger partial charge in [-0.05, 0) is 90.1 Å². The van der Waals surface area contributed by atoms with Crippen molar-refractivity contribution >= 4 is 22.5 Å². The number of carbonyl (C=O) groups is 2. The number of rotatable bonds is 11. The molecule has 45 heavy (non-hydrogen) atoms. The molecule has 0 aliphatic heterocycles. The summed E-state index contributed by atoms with van der Waals surface area (Å²) in [6.07, 6.45) is -1.83. The minimum absolute atomic E-state index is 0.0355. The molecule has 1 aromatic heterocycles. The first kappa shape index (κ1) is 33.7. The van der Waals surface area contributed by atoms with E-state index in [0.717, 1.165) is 47.2 Å². The lowest BCUT2D eigenvalue weighted by Crippen LogP contribution is -2.41. The van der Waals surface area contributed by atoms with Crippen LogP contribution in [0, 0.1) is 5.92 Å². The third kappa shape index (κ3) is 8.71. The molecule has 3 aromatic carbocycles. The highest BCUT2D eigenvalue weighted by atomic mass is 19.4. The van der Waals surface area contributed by atoms with Gasteiger partial charge in [-0.2, -0.15) is 13.2 Å². The maximum absolute atomic E-state index is 13.5. The Kier molecular flexibility index (Phi) is 10.4. The number of hydrogen-bond donors (Lipinski definition) is 1. The first-order valence-electron chi connectivity index (χ1n) is 15.4. The lowest BCUT2D eigenvalue weighted by atomic mass is 9.87. The summed E-state index contributed by atoms with van der Waals surface area (Å²) in [4.78, 5) is 30.7. The number of fused-ring (bicyclic) bond motifs is 1. The van der Waals surface area contributed by atoms with Crippen molar-refractivity contribution in [3.63, 3.8) is 0 Å². The van der Waals surface area contributed by atoms with E-state index in [1.165, 1.54) is 24.6 Å². The topological polar surface area (TPSA) is 68.3 Å². The Labute approximate surface area is 263 Å². The number of aromatic nitrogens is 1. The van der Waals surface area contributed by atoms with Crippen LogP contribution in [0.4, 0.5) is 13.2 Å². The summed E-state index contributed by atoms with van der Waals surface area (Å²) in [6.45, 7) is 12.1. The predicted molar refractivity (Wildman–Crippen MR) is 172 cm³/mol. The van der Waals surface area contributed by atoms with Crippen molar-refractivity contribution in [2.75, 3.05) is 0 Å². The van der Waals surface area contributed by atoms with Crippen molar-refractivity contribution in [3.8, 4) is 11.5 Å². The van der Waals surface area contributed by atoms with Crippen molar-refractivity contribution in [1.29, 1.82) is 0 Å². The number of benzene rings is 3. The molecule has 0 bridgehead atoms. The van der Waals surface area contributed by atoms with Gasteiger partial charge in [0, 0.05) is 11.1 Å². The predicted octanol–water partition coefficient (Wildman–Crippen LogP) is 9.25. The molecule has 5 nitrogen and oxygen atoms in total. The Morgan fingerprint density at radius 2 is 1.42 bits per heavy atom. The van der Waals surface area contributed by atoms with E-state index in [4.69, 9.17) is 9.72 Å². The minimum atomic E-state index is -4.45. The van der Waals surface area contributed by atoms with Crippen LogP contribution < -0.4 is 10.1 Å². The Morgan fingerprint density at radius 3 is 1.98 bits per heavy atom. The number of pyridine rings is 1. The number of nitrogens with zero attached hydrogens (tertiary/aromatic N) is 1. The van der Waals surface area contributed by atoms with E-state index in [2.05, 4.69) is 52.1 Å². The van der Waals surface area contributed by atoms with Gasteiger partial charge in [-0.3, -0.25) is 9.59 Å². The molecule has 8 heteroatoms. The molecule has 0 aliphatic rings. The third-order valence-corrected chi connectivity index (χ3v) is 8.23. The first-order valence-corrected chi connectivity index (χ1v) is 15.4. The van der Waals surface area contributed by atoms with Gasteiger partial charge >= 0.3 is 6.18 Å². The lowest BCUT2D eigenvalue weighted by molar-refractivity contribution is -0.137. The van der Waals surface area contributed by atoms with E-state index in [-0.39, 0.29) is 23.3 Å². The van der Waals surface area contributed by atoms with Gasteiger partial charge in [-0.15, -0.1) is 0 Å². The normalized spacial score (nSPS) is 12.8. The molecule has 0 spiro atoms. The van der Waals surface area contributed by atoms with Gasteiger partial charge in [-0.25, -0.2) is 4.98 Å². The highest BCUT2D eigenvalue weighted by Gasteiger charge is 2.30. The molecule has 1 unspecified atom stereocenters. The number of nitrogens with one attached hydrogen (secondary N) is 1. The highest BCUT2D eigenvalue weighted by molar-refractivity contribution is 5.99. The quantitative estimate of drug-likeness (QED) is 0.182. The summed E-state index contributed by atoms with van der Waals surface area (Å²) in [5, 5.41) is 4.46. The second-order valence-corrected chi connectivity index (χ2v) is 12.6. The molecular formula is C37H41F3N2O3. The van der Waals surface area contributed by atoms with Crippen LogP contribution in [0.25, 0.3) is 10.8 Å². The van der Waals surface area contributed by atoms with Crippen LogP contribution in [0.2, 0.25) is 0 Å². The first-order chi connectivity index (χ1) is 21.2. The number of halogens is 3. The maximum Gasteiger partial charge on any atom is 0.416 e. The molecule has 1 heterocycles. The molecule has 1 N–H and O–H groups in total. The number of carbonyl (C=O) groups excluding carboxylic acids is 2. The van der Waals surface area contributed by atoms with Crippen LogP contribution in [-0.4, -0.2) is 22.7 Å². The zero-order chi connectivity index (χ0) is 32.9. The number of ether oxygens (including phenoxy) is 1. The summed E-state index contributed by atoms with van der Waals surface area (Å²) >= 11 is 0. The Morgan fingerprint density at radius 1 is 0.822 bits per heavy atom. The van der Waals surface area contributed by atoms with Gasteiger partial charge in [0.25, 0.3) is 5.91 Å². The standard InChI is InChI=1S/C37H41F3N2O3/c1-7-24(8-2)19-33-31-22-30(45-29-17-14-27(15-18-29)36(4,5)6)16-11-26(31)21-34(41-33)35(44)42-32(23(3)43)20-25-9-12-28(13-10-25)37(38,39)40/h9-18,21-22,24,32H,7-8,19-20H2,1-6H3,(H,42,44). The Hall–Kier alpha value is -4.20. The summed E-state index contributed by atoms with van der Waals surface area (Å²) in [7, 11) is 0. The minimum Gasteiger partial charge on any atom is -0.457 e. The van der Waals surface area contributed by atoms with Gasteiger partial charge in [-0.1, -0.05) is 77.8 Å². The SMILES string of the molecule is CCC(CC)Cc1nc(C(=O)NC(Cc2ccc(C(F)(F)F)cc2)C(C)=O)cc2ccc(Oc3ccc(C(C)(C)C)cc3)cc12. The molecule has 1 atom stereocenters. The van der Waals surface area contributed by atoms with E-state index in [0.29, 0.717) is 23.7 Å². The van der Waals surface area contributed by atoms with Gasteiger partial charge in [0.2, 0.25) is 0 Å². The van der Waals surface area contributed by atoms with Gasteiger partial charge in [0.1, 0.15) is 17.2 Å². The Bertz CT molecular complexity index is 1640. The van der Waals surface area contributed by atoms with E-state index in [1.807, 2.05) is 30.3 Å². The molecule has 238 valence electrons. The van der Waals surface area contributed by atoms with Crippen molar-refractivity contribution in [3.05, 3.63) is 101 Å². The lowest BCUT2D eigenvalue weighted by Gasteiger charge is -2.19. The van der Waals surface area contributed by atoms with E-state index < -0.39 is 23.7 Å². The molecule has 4 aromatic rings. The summed E-state index contributed by atoms with van der Waals surface area (Å²) < 4.78 is 45.1. The van der Waals surface area contributed by atoms with Crippen LogP contribution in [0.3, 0.4) is 0 Å². The molecule has 0 aliphatic carbocycles. The number of ketones is 1. The van der Waals surface area contributed by atoms with E-state index >= 15 is 0 Å². The molecular weight excluding hydrogens is 577 g/mol. The fraction of sp³-hybridized carbons (Fsp3) is 0.378. The summed E-state index contributed by atoms with van der Waals surface area (Å²) in [6, 6.07) is 19.1. The maximum atomic E-state index is 13.5. The van der Waals surface area contributed by atoms with Crippen LogP contribution >= 0.6 is 0 Å². The van der Waals surface area contributed by atoms with Crippen LogP contribution in [0.1, 0.15) is 87.3 Å². The van der Waals surface area contributed by atoms with Crippen molar-refractivity contribution in [2.24, 2.45) is 5.92 Å². The zero-order valence-electron chi connectivity index (χ0n) is 26.7. The van der Waals surface area contributed by atoms with E-state index in [9.17, 15) is 22.8 Å². The fourth-order valence-corrected chi connectivity index (χ4v) is 5.24. The summed E-state index contributed by atoms with van der Waals surface area (Å²) in [5.41, 5.74) is 1.92. The second-order valence-electron chi connectivity index (χ2n) is 12.6. The number of alkyl halides is 3. The molecule has 0 saturated heterocycles. The molecule has 4 rings (SSSR count). The van der Waals surface area contributed by atoms with Crippen molar-refractivity contribution in [1.82, 2.24) is 10.3 Å². The number of amides is 1. The second kappa shape index (κ2) is 13.8. The Balaban J connectivity index is 1.61. The van der Waals surface area contributed by atoms with Crippen LogP contribution in [0.15, 0.2) is 72.8 Å². The molecule has 1 amide bonds. The summed E-state index contributed by atoms with van der Waals surface area (Å²) in [5.74, 6) is 0.908. The van der Waals surface area contributed by atoms with Crippen LogP contribution in [-0.2, 0) is 29.2 Å². The molecule has 0 saturated carbocycles. The van der Waals surface area contributed by atoms with Gasteiger partial charge in [0.15, 0.2) is 5.78 Å². The number of hydrogen-bond acceptors (Lipinski definition) is 4. The highest BCUT2D eigenvalue weighted by Crippen LogP contribution is 2.32. The average molecular weight is 619 g/mol. The fourth-order valence-electron chi connectivity index (χ4n) is 5.24. The van der Waals surface area contributed by atoms with E-state index in [1.54, 1.807) is 6.07 Å². The zero-order valence-corrected chi connectivity index (χ0v) is 26.7. The van der Waals surface area contributed by atoms with Crippen LogP contribution in [0.5, 0.6) is 11.5 Å². The molecule has 0 fully saturated rings. The van der Waals surface area contributed by atoms with Crippen molar-refractivity contribution < 1.29 is 27.5 Å². The largest absolute Gasteiger partial charge is 0.457 e. The molecule has 0 radical (unpaired) electrons. The monoisotopic (exact) mass is 618 g/mol. The average Bonchev–Trinajstić information content (AvgIpc) is 2.99. The van der Waals surface area contributed by atoms with Gasteiger partial charge in [0.05, 0.1) is 11.6 Å². The third-order valence-electron chi connectivity index (χ3n) is 8.23. The van der Waals surface area contributed by atoms with Gasteiger partial charge < -0.3 is 10.1 Å².